The number of hydrogen-bond acceptors (Lipinski definition) is 4. The van der Waals surface area contributed by atoms with E-state index in [4.69, 9.17) is 4.42 Å². The average molecular weight is 265 g/mol. The molecule has 1 aromatic carbocycles. The Bertz CT molecular complexity index is 720. The van der Waals surface area contributed by atoms with Gasteiger partial charge in [-0.2, -0.15) is 0 Å². The summed E-state index contributed by atoms with van der Waals surface area (Å²) in [6, 6.07) is 13.9. The van der Waals surface area contributed by atoms with Crippen molar-refractivity contribution in [3.8, 4) is 22.8 Å². The Kier molecular flexibility index (Phi) is 3.21. The van der Waals surface area contributed by atoms with Crippen LogP contribution in [0.4, 0.5) is 5.82 Å². The molecular weight excluding hydrogens is 250 g/mol. The fourth-order valence-electron chi connectivity index (χ4n) is 2.04. The summed E-state index contributed by atoms with van der Waals surface area (Å²) < 4.78 is 5.49. The highest BCUT2D eigenvalue weighted by atomic mass is 16.3. The number of aryl methyl sites for hydroxylation is 1. The zero-order chi connectivity index (χ0) is 13.9. The fraction of sp³-hybridized carbons (Fsp3) is 0.125. The molecule has 0 aliphatic heterocycles. The van der Waals surface area contributed by atoms with Crippen LogP contribution in [-0.2, 0) is 0 Å². The topological polar surface area (TPSA) is 51.0 Å². The number of rotatable bonds is 3. The molecule has 0 saturated heterocycles. The molecule has 20 heavy (non-hydrogen) atoms. The van der Waals surface area contributed by atoms with Gasteiger partial charge in [-0.15, -0.1) is 0 Å². The van der Waals surface area contributed by atoms with Crippen molar-refractivity contribution in [2.45, 2.75) is 6.92 Å². The van der Waals surface area contributed by atoms with Gasteiger partial charge in [0.15, 0.2) is 11.6 Å². The zero-order valence-corrected chi connectivity index (χ0v) is 11.4. The van der Waals surface area contributed by atoms with Gasteiger partial charge in [0.25, 0.3) is 0 Å². The highest BCUT2D eigenvalue weighted by Crippen LogP contribution is 2.26. The second-order valence-electron chi connectivity index (χ2n) is 4.51. The molecule has 3 aromatic rings. The van der Waals surface area contributed by atoms with Gasteiger partial charge >= 0.3 is 0 Å². The first kappa shape index (κ1) is 12.4. The number of benzene rings is 1. The van der Waals surface area contributed by atoms with Crippen molar-refractivity contribution >= 4 is 5.82 Å². The Labute approximate surface area is 117 Å². The van der Waals surface area contributed by atoms with Crippen molar-refractivity contribution < 1.29 is 4.42 Å². The molecule has 0 bridgehead atoms. The maximum Gasteiger partial charge on any atom is 0.198 e. The third kappa shape index (κ3) is 2.28. The van der Waals surface area contributed by atoms with Gasteiger partial charge < -0.3 is 9.73 Å². The number of nitrogens with one attached hydrogen (secondary N) is 1. The second kappa shape index (κ2) is 5.17. The Hall–Kier alpha value is -2.62. The molecule has 0 unspecified atom stereocenters. The molecule has 0 atom stereocenters. The summed E-state index contributed by atoms with van der Waals surface area (Å²) in [6.45, 7) is 1.98. The molecule has 4 nitrogen and oxygen atoms in total. The van der Waals surface area contributed by atoms with E-state index < -0.39 is 0 Å². The predicted octanol–water partition coefficient (Wildman–Crippen LogP) is 3.75. The minimum Gasteiger partial charge on any atom is -0.461 e. The maximum absolute atomic E-state index is 5.49. The van der Waals surface area contributed by atoms with E-state index in [-0.39, 0.29) is 0 Å². The van der Waals surface area contributed by atoms with E-state index in [1.807, 2.05) is 56.4 Å². The molecule has 1 N–H and O–H groups in total. The normalized spacial score (nSPS) is 10.5. The zero-order valence-electron chi connectivity index (χ0n) is 11.4. The number of nitrogens with zero attached hydrogens (tertiary/aromatic N) is 2. The van der Waals surface area contributed by atoms with Crippen LogP contribution in [0.3, 0.4) is 0 Å². The maximum atomic E-state index is 5.49. The summed E-state index contributed by atoms with van der Waals surface area (Å²) in [5.41, 5.74) is 2.95. The van der Waals surface area contributed by atoms with Crippen LogP contribution in [0.1, 0.15) is 5.56 Å². The van der Waals surface area contributed by atoms with Gasteiger partial charge in [0, 0.05) is 18.7 Å². The molecule has 0 fully saturated rings. The van der Waals surface area contributed by atoms with E-state index in [0.29, 0.717) is 11.6 Å². The van der Waals surface area contributed by atoms with Crippen LogP contribution >= 0.6 is 0 Å². The van der Waals surface area contributed by atoms with Crippen LogP contribution in [0.2, 0.25) is 0 Å². The Morgan fingerprint density at radius 3 is 2.50 bits per heavy atom. The monoisotopic (exact) mass is 265 g/mol. The average Bonchev–Trinajstić information content (AvgIpc) is 2.94. The third-order valence-electron chi connectivity index (χ3n) is 3.12. The van der Waals surface area contributed by atoms with Crippen molar-refractivity contribution in [2.24, 2.45) is 0 Å². The highest BCUT2D eigenvalue weighted by molar-refractivity contribution is 5.66. The van der Waals surface area contributed by atoms with Crippen LogP contribution in [0.5, 0.6) is 0 Å². The van der Waals surface area contributed by atoms with E-state index in [1.54, 1.807) is 6.26 Å². The lowest BCUT2D eigenvalue weighted by atomic mass is 10.1. The second-order valence-corrected chi connectivity index (χ2v) is 4.51. The lowest BCUT2D eigenvalue weighted by Crippen LogP contribution is -1.98. The standard InChI is InChI=1S/C16H15N3O/c1-11-8-9-20-15(11)16-18-13(10-14(17-2)19-16)12-6-4-3-5-7-12/h3-10H,1-2H3,(H,17,18,19). The molecule has 0 aliphatic carbocycles. The lowest BCUT2D eigenvalue weighted by molar-refractivity contribution is 0.576. The molecule has 2 heterocycles. The Morgan fingerprint density at radius 2 is 1.85 bits per heavy atom. The molecule has 100 valence electrons. The smallest absolute Gasteiger partial charge is 0.198 e. The molecule has 3 rings (SSSR count). The van der Waals surface area contributed by atoms with Gasteiger partial charge in [0.1, 0.15) is 5.82 Å². The Balaban J connectivity index is 2.15. The molecular formula is C16H15N3O. The minimum atomic E-state index is 0.596. The molecule has 0 aliphatic rings. The van der Waals surface area contributed by atoms with E-state index in [9.17, 15) is 0 Å². The van der Waals surface area contributed by atoms with E-state index in [1.165, 1.54) is 0 Å². The summed E-state index contributed by atoms with van der Waals surface area (Å²) in [4.78, 5) is 9.07. The predicted molar refractivity (Wildman–Crippen MR) is 79.5 cm³/mol. The van der Waals surface area contributed by atoms with Crippen LogP contribution < -0.4 is 5.32 Å². The van der Waals surface area contributed by atoms with Gasteiger partial charge in [0.2, 0.25) is 0 Å². The van der Waals surface area contributed by atoms with Crippen molar-refractivity contribution in [1.82, 2.24) is 9.97 Å². The third-order valence-corrected chi connectivity index (χ3v) is 3.12. The highest BCUT2D eigenvalue weighted by Gasteiger charge is 2.12. The van der Waals surface area contributed by atoms with Gasteiger partial charge in [-0.05, 0) is 18.6 Å². The summed E-state index contributed by atoms with van der Waals surface area (Å²) in [7, 11) is 1.84. The molecule has 2 aromatic heterocycles. The first-order valence-electron chi connectivity index (χ1n) is 6.44. The first-order valence-corrected chi connectivity index (χ1v) is 6.44. The summed E-state index contributed by atoms with van der Waals surface area (Å²) >= 11 is 0. The van der Waals surface area contributed by atoms with Crippen LogP contribution in [-0.4, -0.2) is 17.0 Å². The first-order chi connectivity index (χ1) is 9.78. The van der Waals surface area contributed by atoms with E-state index in [2.05, 4.69) is 15.3 Å². The molecule has 4 heteroatoms. The quantitative estimate of drug-likeness (QED) is 0.783. The fourth-order valence-corrected chi connectivity index (χ4v) is 2.04. The van der Waals surface area contributed by atoms with Gasteiger partial charge in [0.05, 0.1) is 12.0 Å². The van der Waals surface area contributed by atoms with Crippen molar-refractivity contribution in [2.75, 3.05) is 12.4 Å². The summed E-state index contributed by atoms with van der Waals surface area (Å²) in [5, 5.41) is 3.07. The van der Waals surface area contributed by atoms with Crippen LogP contribution in [0.25, 0.3) is 22.8 Å². The van der Waals surface area contributed by atoms with Crippen LogP contribution in [0.15, 0.2) is 53.1 Å². The van der Waals surface area contributed by atoms with Crippen molar-refractivity contribution in [3.63, 3.8) is 0 Å². The van der Waals surface area contributed by atoms with Crippen LogP contribution in [0, 0.1) is 6.92 Å². The molecule has 0 amide bonds. The van der Waals surface area contributed by atoms with Crippen molar-refractivity contribution in [3.05, 3.63) is 54.3 Å². The van der Waals surface area contributed by atoms with E-state index in [0.717, 1.165) is 22.6 Å². The Morgan fingerprint density at radius 1 is 1.05 bits per heavy atom. The van der Waals surface area contributed by atoms with Gasteiger partial charge in [-0.1, -0.05) is 30.3 Å². The molecule has 0 saturated carbocycles. The summed E-state index contributed by atoms with van der Waals surface area (Å²) in [6.07, 6.45) is 1.66. The molecule has 0 radical (unpaired) electrons. The van der Waals surface area contributed by atoms with E-state index >= 15 is 0 Å². The minimum absolute atomic E-state index is 0.596. The number of hydrogen-bond donors (Lipinski definition) is 1. The number of anilines is 1. The number of furan rings is 1. The van der Waals surface area contributed by atoms with Gasteiger partial charge in [-0.25, -0.2) is 9.97 Å². The van der Waals surface area contributed by atoms with Crippen molar-refractivity contribution in [1.29, 1.82) is 0 Å². The molecule has 0 spiro atoms. The van der Waals surface area contributed by atoms with Gasteiger partial charge in [-0.3, -0.25) is 0 Å². The largest absolute Gasteiger partial charge is 0.461 e. The summed E-state index contributed by atoms with van der Waals surface area (Å²) in [5.74, 6) is 2.07. The lowest BCUT2D eigenvalue weighted by Gasteiger charge is -2.07. The SMILES string of the molecule is CNc1cc(-c2ccccc2)nc(-c2occc2C)n1. The number of aromatic nitrogens is 2.